The molecule has 0 amide bonds. The first kappa shape index (κ1) is 11.1. The topological polar surface area (TPSA) is 24.9 Å². The molecule has 3 aliphatic rings. The fourth-order valence-corrected chi connectivity index (χ4v) is 5.10. The van der Waals surface area contributed by atoms with Gasteiger partial charge in [0.15, 0.2) is 5.15 Å². The van der Waals surface area contributed by atoms with Crippen LogP contribution in [0.25, 0.3) is 0 Å². The standard InChI is InChI=1S/C15H19ClN2/c16-15-13(5-2-6-17-15)18-14-8-9-7-12(14)11-4-1-3-10(9)11/h2,5-6,9-12,14,18H,1,3-4,7-8H2. The highest BCUT2D eigenvalue weighted by atomic mass is 35.5. The maximum absolute atomic E-state index is 6.14. The Morgan fingerprint density at radius 2 is 2.06 bits per heavy atom. The summed E-state index contributed by atoms with van der Waals surface area (Å²) in [7, 11) is 0. The van der Waals surface area contributed by atoms with Crippen LogP contribution in [0.5, 0.6) is 0 Å². The Morgan fingerprint density at radius 3 is 2.94 bits per heavy atom. The van der Waals surface area contributed by atoms with Crippen LogP contribution in [0.2, 0.25) is 5.15 Å². The van der Waals surface area contributed by atoms with Crippen molar-refractivity contribution < 1.29 is 0 Å². The van der Waals surface area contributed by atoms with Crippen molar-refractivity contribution in [2.75, 3.05) is 5.32 Å². The van der Waals surface area contributed by atoms with Gasteiger partial charge in [0.25, 0.3) is 0 Å². The van der Waals surface area contributed by atoms with Gasteiger partial charge in [0.05, 0.1) is 5.69 Å². The molecule has 0 aliphatic heterocycles. The molecule has 3 aliphatic carbocycles. The first-order chi connectivity index (χ1) is 8.83. The molecular weight excluding hydrogens is 244 g/mol. The Balaban J connectivity index is 1.53. The number of anilines is 1. The van der Waals surface area contributed by atoms with Gasteiger partial charge in [-0.15, -0.1) is 0 Å². The summed E-state index contributed by atoms with van der Waals surface area (Å²) in [4.78, 5) is 4.15. The maximum Gasteiger partial charge on any atom is 0.152 e. The van der Waals surface area contributed by atoms with Gasteiger partial charge in [-0.05, 0) is 61.5 Å². The van der Waals surface area contributed by atoms with Gasteiger partial charge >= 0.3 is 0 Å². The van der Waals surface area contributed by atoms with Crippen molar-refractivity contribution in [3.8, 4) is 0 Å². The molecule has 0 saturated heterocycles. The largest absolute Gasteiger partial charge is 0.380 e. The molecule has 1 heterocycles. The van der Waals surface area contributed by atoms with E-state index >= 15 is 0 Å². The van der Waals surface area contributed by atoms with Crippen molar-refractivity contribution in [2.45, 2.75) is 38.1 Å². The minimum absolute atomic E-state index is 0.614. The summed E-state index contributed by atoms with van der Waals surface area (Å²) in [6, 6.07) is 4.64. The highest BCUT2D eigenvalue weighted by Crippen LogP contribution is 2.59. The van der Waals surface area contributed by atoms with Crippen molar-refractivity contribution in [3.63, 3.8) is 0 Å². The Hall–Kier alpha value is -0.760. The Bertz CT molecular complexity index is 462. The zero-order chi connectivity index (χ0) is 12.1. The lowest BCUT2D eigenvalue weighted by atomic mass is 9.79. The number of hydrogen-bond donors (Lipinski definition) is 1. The molecular formula is C15H19ClN2. The Morgan fingerprint density at radius 1 is 1.17 bits per heavy atom. The van der Waals surface area contributed by atoms with E-state index in [9.17, 15) is 0 Å². The van der Waals surface area contributed by atoms with E-state index < -0.39 is 0 Å². The van der Waals surface area contributed by atoms with Gasteiger partial charge in [0.1, 0.15) is 0 Å². The molecule has 4 rings (SSSR count). The number of rotatable bonds is 2. The van der Waals surface area contributed by atoms with E-state index in [-0.39, 0.29) is 0 Å². The molecule has 3 fully saturated rings. The third-order valence-electron chi connectivity index (χ3n) is 5.53. The number of aromatic nitrogens is 1. The zero-order valence-corrected chi connectivity index (χ0v) is 11.2. The number of nitrogens with one attached hydrogen (secondary N) is 1. The summed E-state index contributed by atoms with van der Waals surface area (Å²) >= 11 is 6.14. The lowest BCUT2D eigenvalue weighted by Gasteiger charge is -2.32. The number of pyridine rings is 1. The molecule has 5 unspecified atom stereocenters. The summed E-state index contributed by atoms with van der Waals surface area (Å²) in [5, 5.41) is 4.27. The molecule has 18 heavy (non-hydrogen) atoms. The van der Waals surface area contributed by atoms with E-state index in [1.165, 1.54) is 32.1 Å². The predicted molar refractivity (Wildman–Crippen MR) is 73.7 cm³/mol. The van der Waals surface area contributed by atoms with Gasteiger partial charge in [0, 0.05) is 12.2 Å². The van der Waals surface area contributed by atoms with E-state index in [0.717, 1.165) is 29.4 Å². The lowest BCUT2D eigenvalue weighted by molar-refractivity contribution is 0.243. The van der Waals surface area contributed by atoms with Crippen LogP contribution in [-0.4, -0.2) is 11.0 Å². The van der Waals surface area contributed by atoms with Crippen LogP contribution in [0.3, 0.4) is 0 Å². The van der Waals surface area contributed by atoms with E-state index in [4.69, 9.17) is 11.6 Å². The normalized spacial score (nSPS) is 41.1. The molecule has 96 valence electrons. The molecule has 2 bridgehead atoms. The second-order valence-electron chi connectivity index (χ2n) is 6.25. The number of hydrogen-bond acceptors (Lipinski definition) is 2. The van der Waals surface area contributed by atoms with Crippen molar-refractivity contribution in [1.29, 1.82) is 0 Å². The molecule has 2 nitrogen and oxygen atoms in total. The summed E-state index contributed by atoms with van der Waals surface area (Å²) < 4.78 is 0. The second kappa shape index (κ2) is 4.12. The molecule has 0 spiro atoms. The van der Waals surface area contributed by atoms with E-state index in [1.54, 1.807) is 6.20 Å². The van der Waals surface area contributed by atoms with Crippen molar-refractivity contribution in [2.24, 2.45) is 23.7 Å². The van der Waals surface area contributed by atoms with Crippen molar-refractivity contribution >= 4 is 17.3 Å². The Labute approximate surface area is 113 Å². The fraction of sp³-hybridized carbons (Fsp3) is 0.667. The quantitative estimate of drug-likeness (QED) is 0.816. The first-order valence-electron chi connectivity index (χ1n) is 7.20. The van der Waals surface area contributed by atoms with Gasteiger partial charge in [-0.25, -0.2) is 4.98 Å². The molecule has 3 heteroatoms. The van der Waals surface area contributed by atoms with E-state index in [0.29, 0.717) is 11.2 Å². The SMILES string of the molecule is Clc1ncccc1NC1CC2CC1C1CCCC21. The predicted octanol–water partition coefficient (Wildman–Crippen LogP) is 3.97. The molecule has 5 atom stereocenters. The molecule has 1 N–H and O–H groups in total. The number of nitrogens with zero attached hydrogens (tertiary/aromatic N) is 1. The monoisotopic (exact) mass is 262 g/mol. The minimum atomic E-state index is 0.614. The van der Waals surface area contributed by atoms with Crippen molar-refractivity contribution in [1.82, 2.24) is 4.98 Å². The average molecular weight is 263 g/mol. The summed E-state index contributed by atoms with van der Waals surface area (Å²) in [6.07, 6.45) is 8.96. The van der Waals surface area contributed by atoms with Crippen LogP contribution < -0.4 is 5.32 Å². The molecule has 0 aromatic carbocycles. The van der Waals surface area contributed by atoms with Gasteiger partial charge in [-0.1, -0.05) is 18.0 Å². The highest BCUT2D eigenvalue weighted by Gasteiger charge is 2.53. The minimum Gasteiger partial charge on any atom is -0.380 e. The maximum atomic E-state index is 6.14. The third kappa shape index (κ3) is 1.58. The van der Waals surface area contributed by atoms with Gasteiger partial charge in [-0.2, -0.15) is 0 Å². The lowest BCUT2D eigenvalue weighted by Crippen LogP contribution is -2.34. The van der Waals surface area contributed by atoms with Gasteiger partial charge in [-0.3, -0.25) is 0 Å². The van der Waals surface area contributed by atoms with Gasteiger partial charge < -0.3 is 5.32 Å². The van der Waals surface area contributed by atoms with Crippen LogP contribution in [0.1, 0.15) is 32.1 Å². The van der Waals surface area contributed by atoms with E-state index in [2.05, 4.69) is 10.3 Å². The molecule has 1 aromatic heterocycles. The third-order valence-corrected chi connectivity index (χ3v) is 5.83. The van der Waals surface area contributed by atoms with E-state index in [1.807, 2.05) is 12.1 Å². The molecule has 3 saturated carbocycles. The fourth-order valence-electron chi connectivity index (χ4n) is 4.93. The first-order valence-corrected chi connectivity index (χ1v) is 7.58. The van der Waals surface area contributed by atoms with Crippen LogP contribution in [0.4, 0.5) is 5.69 Å². The van der Waals surface area contributed by atoms with Crippen molar-refractivity contribution in [3.05, 3.63) is 23.5 Å². The van der Waals surface area contributed by atoms with Crippen LogP contribution >= 0.6 is 11.6 Å². The van der Waals surface area contributed by atoms with Crippen LogP contribution in [0.15, 0.2) is 18.3 Å². The molecule has 1 aromatic rings. The van der Waals surface area contributed by atoms with Gasteiger partial charge in [0.2, 0.25) is 0 Å². The number of fused-ring (bicyclic) bond motifs is 5. The summed E-state index contributed by atoms with van der Waals surface area (Å²) in [5.41, 5.74) is 1.02. The Kier molecular flexibility index (Phi) is 2.54. The van der Waals surface area contributed by atoms with Crippen LogP contribution in [-0.2, 0) is 0 Å². The van der Waals surface area contributed by atoms with Crippen LogP contribution in [0, 0.1) is 23.7 Å². The highest BCUT2D eigenvalue weighted by molar-refractivity contribution is 6.31. The zero-order valence-electron chi connectivity index (χ0n) is 10.5. The number of halogens is 1. The summed E-state index contributed by atoms with van der Waals surface area (Å²) in [6.45, 7) is 0. The smallest absolute Gasteiger partial charge is 0.152 e. The average Bonchev–Trinajstić information content (AvgIpc) is 3.03. The summed E-state index contributed by atoms with van der Waals surface area (Å²) in [5.74, 6) is 3.92. The second-order valence-corrected chi connectivity index (χ2v) is 6.60. The molecule has 0 radical (unpaired) electrons.